The predicted molar refractivity (Wildman–Crippen MR) is 114 cm³/mol. The molecule has 166 valence electrons. The zero-order valence-electron chi connectivity index (χ0n) is 18.1. The Hall–Kier alpha value is -2.20. The van der Waals surface area contributed by atoms with Gasteiger partial charge in [-0.05, 0) is 39.7 Å². The quantitative estimate of drug-likeness (QED) is 0.506. The van der Waals surface area contributed by atoms with Crippen LogP contribution in [0.5, 0.6) is 28.7 Å². The van der Waals surface area contributed by atoms with Crippen molar-refractivity contribution in [2.75, 3.05) is 49.8 Å². The lowest BCUT2D eigenvalue weighted by atomic mass is 9.94. The van der Waals surface area contributed by atoms with E-state index in [1.54, 1.807) is 18.2 Å². The maximum Gasteiger partial charge on any atom is 0.203 e. The number of aliphatic hydroxyl groups is 1. The Labute approximate surface area is 184 Å². The van der Waals surface area contributed by atoms with Crippen LogP contribution in [0.15, 0.2) is 22.7 Å². The van der Waals surface area contributed by atoms with E-state index in [4.69, 9.17) is 33.2 Å². The molecule has 0 heterocycles. The van der Waals surface area contributed by atoms with Gasteiger partial charge in [0.15, 0.2) is 29.3 Å². The highest BCUT2D eigenvalue weighted by atomic mass is 79.9. The van der Waals surface area contributed by atoms with Crippen LogP contribution < -0.4 is 23.7 Å². The summed E-state index contributed by atoms with van der Waals surface area (Å²) in [5.74, 6) is 2.01. The lowest BCUT2D eigenvalue weighted by Gasteiger charge is -2.26. The molecule has 0 aromatic heterocycles. The molecule has 0 aliphatic rings. The van der Waals surface area contributed by atoms with E-state index < -0.39 is 12.4 Å². The molecule has 1 unspecified atom stereocenters. The number of hydrogen-bond acceptors (Lipinski definition) is 8. The van der Waals surface area contributed by atoms with Crippen LogP contribution >= 0.6 is 15.9 Å². The minimum atomic E-state index is -1.14. The van der Waals surface area contributed by atoms with E-state index in [0.717, 1.165) is 0 Å². The van der Waals surface area contributed by atoms with Gasteiger partial charge in [0.1, 0.15) is 6.10 Å². The van der Waals surface area contributed by atoms with Crippen LogP contribution in [0.3, 0.4) is 0 Å². The molecule has 9 heteroatoms. The monoisotopic (exact) mass is 486 g/mol. The van der Waals surface area contributed by atoms with Gasteiger partial charge in [-0.15, -0.1) is 0 Å². The summed E-state index contributed by atoms with van der Waals surface area (Å²) in [7, 11) is 10.5. The molecule has 0 saturated heterocycles. The van der Waals surface area contributed by atoms with Crippen LogP contribution in [0.4, 0.5) is 0 Å². The molecule has 0 fully saturated rings. The first-order valence-electron chi connectivity index (χ1n) is 8.90. The lowest BCUT2D eigenvalue weighted by Crippen LogP contribution is -2.14. The molecule has 8 nitrogen and oxygen atoms in total. The Morgan fingerprint density at radius 2 is 1.23 bits per heavy atom. The summed E-state index contributed by atoms with van der Waals surface area (Å²) in [6, 6.07) is 5.11. The van der Waals surface area contributed by atoms with Crippen molar-refractivity contribution in [1.82, 2.24) is 0 Å². The van der Waals surface area contributed by atoms with Gasteiger partial charge >= 0.3 is 0 Å². The van der Waals surface area contributed by atoms with Crippen molar-refractivity contribution in [3.8, 4) is 28.7 Å². The van der Waals surface area contributed by atoms with Gasteiger partial charge in [-0.2, -0.15) is 0 Å². The van der Waals surface area contributed by atoms with E-state index in [2.05, 4.69) is 15.9 Å². The summed E-state index contributed by atoms with van der Waals surface area (Å²) in [4.78, 5) is 0. The van der Waals surface area contributed by atoms with E-state index in [0.29, 0.717) is 49.9 Å². The number of rotatable bonds is 10. The molecule has 0 amide bonds. The molecule has 0 radical (unpaired) electrons. The van der Waals surface area contributed by atoms with Gasteiger partial charge in [-0.25, -0.2) is 0 Å². The van der Waals surface area contributed by atoms with Gasteiger partial charge in [0.2, 0.25) is 5.75 Å². The second-order valence-electron chi connectivity index (χ2n) is 6.09. The van der Waals surface area contributed by atoms with Crippen molar-refractivity contribution < 1.29 is 38.3 Å². The molecule has 0 spiro atoms. The van der Waals surface area contributed by atoms with Crippen molar-refractivity contribution in [2.45, 2.75) is 12.4 Å². The molecule has 2 aromatic rings. The fourth-order valence-electron chi connectivity index (χ4n) is 3.29. The Kier molecular flexibility index (Phi) is 8.60. The first kappa shape index (κ1) is 24.1. The average molecular weight is 487 g/mol. The van der Waals surface area contributed by atoms with Gasteiger partial charge in [0.05, 0.1) is 40.0 Å². The molecule has 0 bridgehead atoms. The second kappa shape index (κ2) is 10.7. The fourth-order valence-corrected chi connectivity index (χ4v) is 3.91. The lowest BCUT2D eigenvalue weighted by molar-refractivity contribution is -0.107. The molecule has 0 saturated carbocycles. The maximum absolute atomic E-state index is 11.4. The molecule has 2 rings (SSSR count). The van der Waals surface area contributed by atoms with Gasteiger partial charge in [-0.1, -0.05) is 0 Å². The minimum Gasteiger partial charge on any atom is -0.493 e. The molecule has 30 heavy (non-hydrogen) atoms. The SMILES string of the molecule is COc1cc(C(O)c2c(C(OC)OC)cc(OC)c(OC)c2OC)cc(Br)c1OC. The van der Waals surface area contributed by atoms with Crippen LogP contribution in [-0.2, 0) is 9.47 Å². The van der Waals surface area contributed by atoms with E-state index in [-0.39, 0.29) is 0 Å². The Morgan fingerprint density at radius 1 is 0.700 bits per heavy atom. The summed E-state index contributed by atoms with van der Waals surface area (Å²) >= 11 is 3.46. The molecule has 0 aliphatic carbocycles. The van der Waals surface area contributed by atoms with Crippen LogP contribution in [-0.4, -0.2) is 54.9 Å². The van der Waals surface area contributed by atoms with Gasteiger partial charge in [-0.3, -0.25) is 0 Å². The van der Waals surface area contributed by atoms with E-state index in [9.17, 15) is 5.11 Å². The normalized spacial score (nSPS) is 11.9. The minimum absolute atomic E-state index is 0.296. The molecule has 2 aromatic carbocycles. The van der Waals surface area contributed by atoms with Gasteiger partial charge < -0.3 is 38.3 Å². The third kappa shape index (κ3) is 4.44. The van der Waals surface area contributed by atoms with Crippen molar-refractivity contribution in [3.63, 3.8) is 0 Å². The predicted octanol–water partition coefficient (Wildman–Crippen LogP) is 3.87. The largest absolute Gasteiger partial charge is 0.493 e. The van der Waals surface area contributed by atoms with Crippen LogP contribution in [0.25, 0.3) is 0 Å². The number of ether oxygens (including phenoxy) is 7. The first-order chi connectivity index (χ1) is 14.4. The molecule has 1 N–H and O–H groups in total. The zero-order chi connectivity index (χ0) is 22.4. The number of aliphatic hydroxyl groups excluding tert-OH is 1. The van der Waals surface area contributed by atoms with Gasteiger partial charge in [0.25, 0.3) is 0 Å². The Morgan fingerprint density at radius 3 is 1.70 bits per heavy atom. The van der Waals surface area contributed by atoms with Gasteiger partial charge in [0, 0.05) is 25.3 Å². The van der Waals surface area contributed by atoms with Crippen molar-refractivity contribution in [3.05, 3.63) is 39.4 Å². The van der Waals surface area contributed by atoms with Crippen molar-refractivity contribution in [2.24, 2.45) is 0 Å². The molecular formula is C21H27BrO8. The highest BCUT2D eigenvalue weighted by Gasteiger charge is 2.31. The van der Waals surface area contributed by atoms with E-state index in [1.807, 2.05) is 0 Å². The standard InChI is InChI=1S/C21H27BrO8/c1-24-14-9-11(8-13(22)18(14)26-3)17(23)16-12(21(29-6)30-7)10-15(25-2)19(27-4)20(16)28-5/h8-10,17,21,23H,1-7H3. The number of methoxy groups -OCH3 is 7. The van der Waals surface area contributed by atoms with Crippen LogP contribution in [0.1, 0.15) is 29.1 Å². The Balaban J connectivity index is 2.82. The maximum atomic E-state index is 11.4. The summed E-state index contributed by atoms with van der Waals surface area (Å²) < 4.78 is 38.9. The van der Waals surface area contributed by atoms with E-state index >= 15 is 0 Å². The van der Waals surface area contributed by atoms with Crippen molar-refractivity contribution >= 4 is 15.9 Å². The number of hydrogen-bond donors (Lipinski definition) is 1. The third-order valence-electron chi connectivity index (χ3n) is 4.63. The molecule has 1 atom stereocenters. The number of benzene rings is 2. The number of halogens is 1. The highest BCUT2D eigenvalue weighted by molar-refractivity contribution is 9.10. The Bertz CT molecular complexity index is 867. The molecular weight excluding hydrogens is 460 g/mol. The fraction of sp³-hybridized carbons (Fsp3) is 0.429. The third-order valence-corrected chi connectivity index (χ3v) is 5.22. The van der Waals surface area contributed by atoms with Crippen LogP contribution in [0.2, 0.25) is 0 Å². The summed E-state index contributed by atoms with van der Waals surface area (Å²) in [6.07, 6.45) is -1.93. The zero-order valence-corrected chi connectivity index (χ0v) is 19.7. The van der Waals surface area contributed by atoms with Crippen LogP contribution in [0, 0.1) is 0 Å². The summed E-state index contributed by atoms with van der Waals surface area (Å²) in [6.45, 7) is 0. The van der Waals surface area contributed by atoms with Crippen molar-refractivity contribution in [1.29, 1.82) is 0 Å². The second-order valence-corrected chi connectivity index (χ2v) is 6.95. The van der Waals surface area contributed by atoms with E-state index in [1.165, 1.54) is 49.8 Å². The topological polar surface area (TPSA) is 84.8 Å². The highest BCUT2D eigenvalue weighted by Crippen LogP contribution is 2.49. The summed E-state index contributed by atoms with van der Waals surface area (Å²) in [5.41, 5.74) is 1.45. The summed E-state index contributed by atoms with van der Waals surface area (Å²) in [5, 5.41) is 11.4. The average Bonchev–Trinajstić information content (AvgIpc) is 2.77. The smallest absolute Gasteiger partial charge is 0.203 e. The first-order valence-corrected chi connectivity index (χ1v) is 9.69. The molecule has 0 aliphatic heterocycles.